The zero-order chi connectivity index (χ0) is 14.7. The first-order chi connectivity index (χ1) is 10.3. The van der Waals surface area contributed by atoms with E-state index in [1.54, 1.807) is 6.20 Å². The number of nitrogens with one attached hydrogen (secondary N) is 2. The minimum absolute atomic E-state index is 0.132. The molecule has 1 saturated carbocycles. The molecule has 0 atom stereocenters. The lowest BCUT2D eigenvalue weighted by Gasteiger charge is -2.37. The van der Waals surface area contributed by atoms with Crippen LogP contribution in [-0.2, 0) is 0 Å². The largest absolute Gasteiger partial charge is 0.394 e. The maximum absolute atomic E-state index is 9.87. The number of rotatable bonds is 5. The Morgan fingerprint density at radius 1 is 1.33 bits per heavy atom. The number of aliphatic hydroxyl groups is 1. The average Bonchev–Trinajstić information content (AvgIpc) is 2.97. The summed E-state index contributed by atoms with van der Waals surface area (Å²) in [5, 5.41) is 16.6. The summed E-state index contributed by atoms with van der Waals surface area (Å²) >= 11 is 0. The van der Waals surface area contributed by atoms with E-state index >= 15 is 0 Å². The van der Waals surface area contributed by atoms with E-state index in [0.717, 1.165) is 49.5 Å². The van der Waals surface area contributed by atoms with Gasteiger partial charge in [-0.3, -0.25) is 0 Å². The fourth-order valence-electron chi connectivity index (χ4n) is 3.08. The normalized spacial score (nSPS) is 17.8. The van der Waals surface area contributed by atoms with E-state index in [0.29, 0.717) is 0 Å². The number of nitrogens with zero attached hydrogens (tertiary/aromatic N) is 3. The highest BCUT2D eigenvalue weighted by Gasteiger charge is 2.32. The molecule has 0 unspecified atom stereocenters. The van der Waals surface area contributed by atoms with Crippen LogP contribution in [0.1, 0.15) is 39.0 Å². The molecular formula is C15H23N5O. The Balaban J connectivity index is 1.96. The van der Waals surface area contributed by atoms with Crippen molar-refractivity contribution in [1.82, 2.24) is 14.4 Å². The van der Waals surface area contributed by atoms with Crippen LogP contribution >= 0.6 is 0 Å². The van der Waals surface area contributed by atoms with Gasteiger partial charge in [-0.1, -0.05) is 19.3 Å². The molecular weight excluding hydrogens is 266 g/mol. The Labute approximate surface area is 124 Å². The van der Waals surface area contributed by atoms with E-state index in [-0.39, 0.29) is 12.1 Å². The molecule has 114 valence electrons. The summed E-state index contributed by atoms with van der Waals surface area (Å²) in [5.41, 5.74) is 0.540. The van der Waals surface area contributed by atoms with Crippen molar-refractivity contribution in [3.63, 3.8) is 0 Å². The quantitative estimate of drug-likeness (QED) is 0.787. The van der Waals surface area contributed by atoms with E-state index in [1.165, 1.54) is 6.42 Å². The molecule has 0 saturated heterocycles. The summed E-state index contributed by atoms with van der Waals surface area (Å²) in [7, 11) is 0. The third-order valence-corrected chi connectivity index (χ3v) is 4.23. The number of aliphatic hydroxyl groups excluding tert-OH is 1. The SMILES string of the molecule is CCNc1cn2ccnc2c(NC2(CO)CCCCC2)n1. The van der Waals surface area contributed by atoms with Crippen molar-refractivity contribution >= 4 is 17.3 Å². The highest BCUT2D eigenvalue weighted by atomic mass is 16.3. The molecule has 0 radical (unpaired) electrons. The maximum Gasteiger partial charge on any atom is 0.180 e. The molecule has 2 aromatic heterocycles. The first kappa shape index (κ1) is 14.1. The Morgan fingerprint density at radius 2 is 2.14 bits per heavy atom. The van der Waals surface area contributed by atoms with Gasteiger partial charge >= 0.3 is 0 Å². The molecule has 0 aromatic carbocycles. The summed E-state index contributed by atoms with van der Waals surface area (Å²) in [6, 6.07) is 0. The van der Waals surface area contributed by atoms with Crippen molar-refractivity contribution in [2.45, 2.75) is 44.6 Å². The molecule has 6 nitrogen and oxygen atoms in total. The van der Waals surface area contributed by atoms with Crippen molar-refractivity contribution in [2.24, 2.45) is 0 Å². The second-order valence-electron chi connectivity index (χ2n) is 5.79. The molecule has 21 heavy (non-hydrogen) atoms. The zero-order valence-corrected chi connectivity index (χ0v) is 12.5. The number of aromatic nitrogens is 3. The second-order valence-corrected chi connectivity index (χ2v) is 5.79. The van der Waals surface area contributed by atoms with Crippen LogP contribution in [0.15, 0.2) is 18.6 Å². The maximum atomic E-state index is 9.87. The van der Waals surface area contributed by atoms with Gasteiger partial charge in [0.15, 0.2) is 11.5 Å². The van der Waals surface area contributed by atoms with Crippen molar-refractivity contribution < 1.29 is 5.11 Å². The predicted octanol–water partition coefficient (Wildman–Crippen LogP) is 2.27. The molecule has 3 N–H and O–H groups in total. The predicted molar refractivity (Wildman–Crippen MR) is 83.7 cm³/mol. The van der Waals surface area contributed by atoms with Gasteiger partial charge in [0.05, 0.1) is 18.3 Å². The lowest BCUT2D eigenvalue weighted by atomic mass is 9.82. The third kappa shape index (κ3) is 2.81. The van der Waals surface area contributed by atoms with Crippen LogP contribution in [0.25, 0.3) is 5.65 Å². The Kier molecular flexibility index (Phi) is 3.96. The van der Waals surface area contributed by atoms with Gasteiger partial charge in [0.1, 0.15) is 5.82 Å². The summed E-state index contributed by atoms with van der Waals surface area (Å²) < 4.78 is 1.96. The molecule has 2 heterocycles. The number of fused-ring (bicyclic) bond motifs is 1. The minimum Gasteiger partial charge on any atom is -0.394 e. The number of anilines is 2. The van der Waals surface area contributed by atoms with Crippen LogP contribution in [0.2, 0.25) is 0 Å². The van der Waals surface area contributed by atoms with Crippen molar-refractivity contribution in [1.29, 1.82) is 0 Å². The van der Waals surface area contributed by atoms with Gasteiger partial charge in [-0.05, 0) is 19.8 Å². The first-order valence-corrected chi connectivity index (χ1v) is 7.73. The molecule has 1 aliphatic rings. The average molecular weight is 289 g/mol. The molecule has 6 heteroatoms. The van der Waals surface area contributed by atoms with Crippen molar-refractivity contribution in [2.75, 3.05) is 23.8 Å². The molecule has 0 bridgehead atoms. The fraction of sp³-hybridized carbons (Fsp3) is 0.600. The fourth-order valence-corrected chi connectivity index (χ4v) is 3.08. The van der Waals surface area contributed by atoms with Gasteiger partial charge in [-0.2, -0.15) is 0 Å². The van der Waals surface area contributed by atoms with Gasteiger partial charge < -0.3 is 20.1 Å². The van der Waals surface area contributed by atoms with Gasteiger partial charge in [0, 0.05) is 18.9 Å². The standard InChI is InChI=1S/C15H23N5O/c1-2-16-12-10-20-9-8-17-14(20)13(18-12)19-15(11-21)6-4-3-5-7-15/h8-10,16,21H,2-7,11H2,1H3,(H,18,19). The molecule has 3 rings (SSSR count). The highest BCUT2D eigenvalue weighted by Crippen LogP contribution is 2.32. The third-order valence-electron chi connectivity index (χ3n) is 4.23. The van der Waals surface area contributed by atoms with Gasteiger partial charge in [0.25, 0.3) is 0 Å². The monoisotopic (exact) mass is 289 g/mol. The van der Waals surface area contributed by atoms with Gasteiger partial charge in [-0.15, -0.1) is 0 Å². The van der Waals surface area contributed by atoms with Crippen LogP contribution in [0.5, 0.6) is 0 Å². The molecule has 1 fully saturated rings. The summed E-state index contributed by atoms with van der Waals surface area (Å²) in [4.78, 5) is 9.01. The van der Waals surface area contributed by atoms with E-state index in [4.69, 9.17) is 0 Å². The van der Waals surface area contributed by atoms with Crippen molar-refractivity contribution in [3.8, 4) is 0 Å². The Bertz CT molecular complexity index is 603. The van der Waals surface area contributed by atoms with Crippen LogP contribution in [0, 0.1) is 0 Å². The lowest BCUT2D eigenvalue weighted by molar-refractivity contribution is 0.172. The summed E-state index contributed by atoms with van der Waals surface area (Å²) in [6.45, 7) is 2.99. The highest BCUT2D eigenvalue weighted by molar-refractivity contribution is 5.66. The van der Waals surface area contributed by atoms with Crippen LogP contribution in [0.3, 0.4) is 0 Å². The molecule has 1 aliphatic carbocycles. The lowest BCUT2D eigenvalue weighted by Crippen LogP contribution is -2.44. The minimum atomic E-state index is -0.261. The number of imidazole rings is 1. The van der Waals surface area contributed by atoms with E-state index in [2.05, 4.69) is 20.6 Å². The Hall–Kier alpha value is -1.82. The summed E-state index contributed by atoms with van der Waals surface area (Å²) in [5.74, 6) is 1.56. The smallest absolute Gasteiger partial charge is 0.180 e. The Morgan fingerprint density at radius 3 is 2.86 bits per heavy atom. The summed E-state index contributed by atoms with van der Waals surface area (Å²) in [6.07, 6.45) is 11.1. The topological polar surface area (TPSA) is 74.5 Å². The van der Waals surface area contributed by atoms with E-state index in [9.17, 15) is 5.11 Å². The second kappa shape index (κ2) is 5.89. The van der Waals surface area contributed by atoms with Gasteiger partial charge in [-0.25, -0.2) is 9.97 Å². The van der Waals surface area contributed by atoms with E-state index < -0.39 is 0 Å². The molecule has 0 aliphatic heterocycles. The molecule has 0 spiro atoms. The van der Waals surface area contributed by atoms with Crippen LogP contribution in [-0.4, -0.2) is 38.2 Å². The molecule has 2 aromatic rings. The van der Waals surface area contributed by atoms with E-state index in [1.807, 2.05) is 23.7 Å². The van der Waals surface area contributed by atoms with Crippen molar-refractivity contribution in [3.05, 3.63) is 18.6 Å². The van der Waals surface area contributed by atoms with Gasteiger partial charge in [0.2, 0.25) is 0 Å². The van der Waals surface area contributed by atoms with Crippen LogP contribution in [0.4, 0.5) is 11.6 Å². The zero-order valence-electron chi connectivity index (χ0n) is 12.5. The number of hydrogen-bond acceptors (Lipinski definition) is 5. The first-order valence-electron chi connectivity index (χ1n) is 7.73. The molecule has 0 amide bonds. The van der Waals surface area contributed by atoms with Crippen LogP contribution < -0.4 is 10.6 Å². The number of hydrogen-bond donors (Lipinski definition) is 3.